The molecule has 0 fully saturated rings. The monoisotopic (exact) mass is 381 g/mol. The van der Waals surface area contributed by atoms with Crippen LogP contribution >= 0.6 is 0 Å². The van der Waals surface area contributed by atoms with Crippen LogP contribution in [0.15, 0.2) is 48.5 Å². The molecule has 7 heteroatoms. The summed E-state index contributed by atoms with van der Waals surface area (Å²) in [7, 11) is -1.01. The maximum atomic E-state index is 12.6. The topological polar surface area (TPSA) is 55.4 Å². The highest BCUT2D eigenvalue weighted by molar-refractivity contribution is 7.83. The Hall–Kier alpha value is -2.28. The van der Waals surface area contributed by atoms with E-state index in [1.165, 1.54) is 6.07 Å². The zero-order chi connectivity index (χ0) is 19.1. The van der Waals surface area contributed by atoms with Crippen molar-refractivity contribution in [1.82, 2.24) is 5.32 Å². The Labute approximate surface area is 154 Å². The van der Waals surface area contributed by atoms with E-state index < -0.39 is 23.5 Å². The first-order valence-corrected chi connectivity index (χ1v) is 9.87. The normalized spacial score (nSPS) is 13.3. The van der Waals surface area contributed by atoms with Crippen molar-refractivity contribution in [3.8, 4) is 5.75 Å². The van der Waals surface area contributed by atoms with E-state index >= 15 is 0 Å². The molecule has 0 saturated heterocycles. The number of halogens is 2. The molecule has 2 atom stereocenters. The highest BCUT2D eigenvalue weighted by Crippen LogP contribution is 2.28. The minimum absolute atomic E-state index is 0.0461. The molecule has 0 spiro atoms. The molecule has 0 aliphatic heterocycles. The molecule has 0 saturated carbocycles. The van der Waals surface area contributed by atoms with Crippen LogP contribution in [0.25, 0.3) is 0 Å². The van der Waals surface area contributed by atoms with E-state index in [0.717, 1.165) is 5.56 Å². The van der Waals surface area contributed by atoms with Crippen LogP contribution in [-0.2, 0) is 16.6 Å². The maximum Gasteiger partial charge on any atom is 0.387 e. The van der Waals surface area contributed by atoms with Gasteiger partial charge < -0.3 is 10.1 Å². The van der Waals surface area contributed by atoms with Gasteiger partial charge in [-0.3, -0.25) is 9.00 Å². The van der Waals surface area contributed by atoms with Gasteiger partial charge in [0, 0.05) is 33.9 Å². The van der Waals surface area contributed by atoms with Gasteiger partial charge in [-0.15, -0.1) is 0 Å². The number of carbonyl (C=O) groups is 1. The SMILES string of the molecule is CC[C@H](NC(=O)c1cccc(C[S@@](C)=O)c1)c1ccccc1OC(F)F. The summed E-state index contributed by atoms with van der Waals surface area (Å²) in [6.07, 6.45) is 2.10. The summed E-state index contributed by atoms with van der Waals surface area (Å²) in [5.41, 5.74) is 1.72. The lowest BCUT2D eigenvalue weighted by atomic mass is 10.0. The molecule has 26 heavy (non-hydrogen) atoms. The molecule has 1 amide bonds. The molecule has 1 N–H and O–H groups in total. The quantitative estimate of drug-likeness (QED) is 0.751. The van der Waals surface area contributed by atoms with E-state index in [4.69, 9.17) is 0 Å². The summed E-state index contributed by atoms with van der Waals surface area (Å²) in [5.74, 6) is 0.0841. The van der Waals surface area contributed by atoms with Crippen molar-refractivity contribution >= 4 is 16.7 Å². The molecule has 140 valence electrons. The van der Waals surface area contributed by atoms with Crippen LogP contribution < -0.4 is 10.1 Å². The molecule has 0 aromatic heterocycles. The van der Waals surface area contributed by atoms with Gasteiger partial charge >= 0.3 is 6.61 Å². The molecule has 2 aromatic rings. The highest BCUT2D eigenvalue weighted by Gasteiger charge is 2.19. The average molecular weight is 381 g/mol. The number of carbonyl (C=O) groups excluding carboxylic acids is 1. The second-order valence-electron chi connectivity index (χ2n) is 5.77. The van der Waals surface area contributed by atoms with Crippen LogP contribution in [0.4, 0.5) is 8.78 Å². The van der Waals surface area contributed by atoms with Crippen molar-refractivity contribution in [2.24, 2.45) is 0 Å². The first kappa shape index (κ1) is 20.0. The number of hydrogen-bond acceptors (Lipinski definition) is 3. The number of benzene rings is 2. The molecule has 0 aliphatic carbocycles. The number of nitrogens with one attached hydrogen (secondary N) is 1. The van der Waals surface area contributed by atoms with Crippen LogP contribution in [0.2, 0.25) is 0 Å². The van der Waals surface area contributed by atoms with Gasteiger partial charge in [0.15, 0.2) is 0 Å². The van der Waals surface area contributed by atoms with Gasteiger partial charge in [-0.05, 0) is 30.2 Å². The van der Waals surface area contributed by atoms with E-state index in [9.17, 15) is 17.8 Å². The van der Waals surface area contributed by atoms with Gasteiger partial charge in [0.2, 0.25) is 0 Å². The Kier molecular flexibility index (Phi) is 7.26. The molecule has 2 rings (SSSR count). The molecule has 4 nitrogen and oxygen atoms in total. The summed E-state index contributed by atoms with van der Waals surface area (Å²) in [6, 6.07) is 12.8. The largest absolute Gasteiger partial charge is 0.434 e. The summed E-state index contributed by atoms with van der Waals surface area (Å²) < 4.78 is 41.1. The van der Waals surface area contributed by atoms with Gasteiger partial charge in [0.05, 0.1) is 6.04 Å². The van der Waals surface area contributed by atoms with Gasteiger partial charge in [-0.2, -0.15) is 8.78 Å². The maximum absolute atomic E-state index is 12.6. The van der Waals surface area contributed by atoms with Crippen molar-refractivity contribution < 1.29 is 22.5 Å². The first-order valence-electron chi connectivity index (χ1n) is 8.14. The van der Waals surface area contributed by atoms with E-state index in [-0.39, 0.29) is 11.7 Å². The number of alkyl halides is 2. The molecule has 0 unspecified atom stereocenters. The van der Waals surface area contributed by atoms with Gasteiger partial charge in [0.1, 0.15) is 5.75 Å². The van der Waals surface area contributed by atoms with Crippen molar-refractivity contribution in [3.63, 3.8) is 0 Å². The number of hydrogen-bond donors (Lipinski definition) is 1. The zero-order valence-electron chi connectivity index (χ0n) is 14.6. The fourth-order valence-corrected chi connectivity index (χ4v) is 3.30. The molecule has 0 radical (unpaired) electrons. The number of amides is 1. The minimum atomic E-state index is -2.93. The standard InChI is InChI=1S/C19H21F2NO3S/c1-3-16(15-9-4-5-10-17(15)25-19(20)21)22-18(23)14-8-6-7-13(11-14)12-26(2)24/h4-11,16,19H,3,12H2,1-2H3,(H,22,23)/t16-,26+/m0/s1. The summed E-state index contributed by atoms with van der Waals surface area (Å²) in [5, 5.41) is 2.85. The molecule has 0 aliphatic rings. The number of rotatable bonds is 8. The fraction of sp³-hybridized carbons (Fsp3) is 0.316. The van der Waals surface area contributed by atoms with Crippen LogP contribution in [0.1, 0.15) is 40.9 Å². The van der Waals surface area contributed by atoms with E-state index in [2.05, 4.69) is 10.1 Å². The Morgan fingerprint density at radius 3 is 2.58 bits per heavy atom. The van der Waals surface area contributed by atoms with Crippen molar-refractivity contribution in [2.45, 2.75) is 31.8 Å². The Bertz CT molecular complexity index is 783. The number of ether oxygens (including phenoxy) is 1. The van der Waals surface area contributed by atoms with Crippen LogP contribution in [0.5, 0.6) is 5.75 Å². The molecule has 0 heterocycles. The molecular formula is C19H21F2NO3S. The lowest BCUT2D eigenvalue weighted by Crippen LogP contribution is -2.28. The average Bonchev–Trinajstić information content (AvgIpc) is 2.59. The molecule has 0 bridgehead atoms. The Morgan fingerprint density at radius 1 is 1.19 bits per heavy atom. The Morgan fingerprint density at radius 2 is 1.92 bits per heavy atom. The second kappa shape index (κ2) is 9.43. The Balaban J connectivity index is 2.20. The smallest absolute Gasteiger partial charge is 0.387 e. The van der Waals surface area contributed by atoms with Gasteiger partial charge in [0.25, 0.3) is 5.91 Å². The van der Waals surface area contributed by atoms with Crippen LogP contribution in [0.3, 0.4) is 0 Å². The molecular weight excluding hydrogens is 360 g/mol. The fourth-order valence-electron chi connectivity index (χ4n) is 2.65. The second-order valence-corrected chi connectivity index (χ2v) is 7.20. The van der Waals surface area contributed by atoms with E-state index in [1.807, 2.05) is 6.92 Å². The van der Waals surface area contributed by atoms with Crippen LogP contribution in [-0.4, -0.2) is 23.0 Å². The zero-order valence-corrected chi connectivity index (χ0v) is 15.4. The summed E-state index contributed by atoms with van der Waals surface area (Å²) in [4.78, 5) is 12.6. The summed E-state index contributed by atoms with van der Waals surface area (Å²) in [6.45, 7) is -1.09. The van der Waals surface area contributed by atoms with E-state index in [0.29, 0.717) is 23.3 Å². The van der Waals surface area contributed by atoms with Crippen molar-refractivity contribution in [2.75, 3.05) is 6.26 Å². The summed E-state index contributed by atoms with van der Waals surface area (Å²) >= 11 is 0. The third-order valence-electron chi connectivity index (χ3n) is 3.78. The molecule has 2 aromatic carbocycles. The predicted molar refractivity (Wildman–Crippen MR) is 97.8 cm³/mol. The van der Waals surface area contributed by atoms with Gasteiger partial charge in [-0.25, -0.2) is 0 Å². The minimum Gasteiger partial charge on any atom is -0.434 e. The predicted octanol–water partition coefficient (Wildman–Crippen LogP) is 4.05. The highest BCUT2D eigenvalue weighted by atomic mass is 32.2. The lowest BCUT2D eigenvalue weighted by Gasteiger charge is -2.20. The van der Waals surface area contributed by atoms with Crippen molar-refractivity contribution in [3.05, 3.63) is 65.2 Å². The third-order valence-corrected chi connectivity index (χ3v) is 4.52. The van der Waals surface area contributed by atoms with Gasteiger partial charge in [-0.1, -0.05) is 37.3 Å². The van der Waals surface area contributed by atoms with E-state index in [1.54, 1.807) is 48.7 Å². The third kappa shape index (κ3) is 5.62. The lowest BCUT2D eigenvalue weighted by molar-refractivity contribution is -0.0506. The number of para-hydroxylation sites is 1. The van der Waals surface area contributed by atoms with Crippen molar-refractivity contribution in [1.29, 1.82) is 0 Å². The first-order chi connectivity index (χ1) is 12.4. The van der Waals surface area contributed by atoms with Crippen LogP contribution in [0, 0.1) is 0 Å².